The average molecular weight is 291 g/mol. The van der Waals surface area contributed by atoms with Crippen LogP contribution in [0.2, 0.25) is 0 Å². The molecular weight excluding hydrogens is 262 g/mol. The van der Waals surface area contributed by atoms with Crippen LogP contribution in [0.3, 0.4) is 0 Å². The highest BCUT2D eigenvalue weighted by atomic mass is 16.5. The van der Waals surface area contributed by atoms with E-state index in [0.717, 1.165) is 32.5 Å². The first-order valence-electron chi connectivity index (χ1n) is 7.90. The molecule has 0 spiro atoms. The fraction of sp³-hybridized carbons (Fsp3) is 0.706. The predicted octanol–water partition coefficient (Wildman–Crippen LogP) is 2.45. The maximum absolute atomic E-state index is 6.15. The molecule has 1 saturated heterocycles. The monoisotopic (exact) mass is 291 g/mol. The lowest BCUT2D eigenvalue weighted by Crippen LogP contribution is -2.41. The van der Waals surface area contributed by atoms with Gasteiger partial charge in [-0.3, -0.25) is 9.88 Å². The number of nitrogens with one attached hydrogen (secondary N) is 1. The number of hydrogen-bond acceptors (Lipinski definition) is 4. The van der Waals surface area contributed by atoms with E-state index in [-0.39, 0.29) is 5.54 Å². The molecule has 1 N–H and O–H groups in total. The van der Waals surface area contributed by atoms with Crippen molar-refractivity contribution in [2.45, 2.75) is 57.9 Å². The van der Waals surface area contributed by atoms with Gasteiger partial charge < -0.3 is 10.1 Å². The van der Waals surface area contributed by atoms with Gasteiger partial charge in [-0.25, -0.2) is 0 Å². The third kappa shape index (κ3) is 6.12. The third-order valence-electron chi connectivity index (χ3n) is 3.75. The third-order valence-corrected chi connectivity index (χ3v) is 3.75. The van der Waals surface area contributed by atoms with Crippen molar-refractivity contribution in [2.75, 3.05) is 20.1 Å². The highest BCUT2D eigenvalue weighted by Crippen LogP contribution is 2.21. The molecule has 2 rings (SSSR count). The molecule has 1 aromatic heterocycles. The second-order valence-corrected chi connectivity index (χ2v) is 7.15. The van der Waals surface area contributed by atoms with E-state index in [2.05, 4.69) is 49.1 Å². The van der Waals surface area contributed by atoms with Gasteiger partial charge in [0.2, 0.25) is 0 Å². The van der Waals surface area contributed by atoms with Gasteiger partial charge in [0, 0.05) is 37.6 Å². The summed E-state index contributed by atoms with van der Waals surface area (Å²) in [5.74, 6) is 0. The molecule has 0 radical (unpaired) electrons. The number of rotatable bonds is 6. The van der Waals surface area contributed by atoms with E-state index in [1.807, 2.05) is 18.5 Å². The minimum Gasteiger partial charge on any atom is -0.372 e. The Kier molecular flexibility index (Phi) is 5.73. The Balaban J connectivity index is 1.70. The van der Waals surface area contributed by atoms with Crippen molar-refractivity contribution in [3.63, 3.8) is 0 Å². The molecule has 1 aromatic rings. The highest BCUT2D eigenvalue weighted by molar-refractivity contribution is 5.07. The van der Waals surface area contributed by atoms with Gasteiger partial charge in [0.05, 0.1) is 12.2 Å². The Morgan fingerprint density at radius 3 is 2.76 bits per heavy atom. The lowest BCUT2D eigenvalue weighted by atomic mass is 10.1. The largest absolute Gasteiger partial charge is 0.372 e. The zero-order valence-corrected chi connectivity index (χ0v) is 13.8. The summed E-state index contributed by atoms with van der Waals surface area (Å²) in [6, 6.07) is 4.11. The van der Waals surface area contributed by atoms with Crippen LogP contribution in [0.4, 0.5) is 0 Å². The molecule has 4 heteroatoms. The molecule has 21 heavy (non-hydrogen) atoms. The van der Waals surface area contributed by atoms with Crippen LogP contribution in [0.15, 0.2) is 24.5 Å². The minimum absolute atomic E-state index is 0.165. The first-order valence-corrected chi connectivity index (χ1v) is 7.90. The van der Waals surface area contributed by atoms with Gasteiger partial charge in [-0.15, -0.1) is 0 Å². The van der Waals surface area contributed by atoms with Crippen molar-refractivity contribution in [1.82, 2.24) is 15.2 Å². The Morgan fingerprint density at radius 2 is 2.10 bits per heavy atom. The molecule has 2 heterocycles. The summed E-state index contributed by atoms with van der Waals surface area (Å²) in [5.41, 5.74) is 1.42. The maximum atomic E-state index is 6.15. The molecule has 118 valence electrons. The van der Waals surface area contributed by atoms with Gasteiger partial charge >= 0.3 is 0 Å². The van der Waals surface area contributed by atoms with E-state index in [1.54, 1.807) is 0 Å². The summed E-state index contributed by atoms with van der Waals surface area (Å²) in [6.45, 7) is 9.45. The Bertz CT molecular complexity index is 416. The van der Waals surface area contributed by atoms with Crippen LogP contribution < -0.4 is 5.32 Å². The van der Waals surface area contributed by atoms with Crippen LogP contribution in [0.25, 0.3) is 0 Å². The molecular formula is C17H29N3O. The predicted molar refractivity (Wildman–Crippen MR) is 86.2 cm³/mol. The summed E-state index contributed by atoms with van der Waals surface area (Å²) in [6.07, 6.45) is 6.79. The quantitative estimate of drug-likeness (QED) is 0.873. The summed E-state index contributed by atoms with van der Waals surface area (Å²) in [7, 11) is 2.15. The molecule has 0 saturated carbocycles. The van der Waals surface area contributed by atoms with E-state index in [1.165, 1.54) is 5.56 Å². The summed E-state index contributed by atoms with van der Waals surface area (Å²) in [5, 5.41) is 3.53. The number of aromatic nitrogens is 1. The van der Waals surface area contributed by atoms with Crippen LogP contribution in [0.5, 0.6) is 0 Å². The second kappa shape index (κ2) is 7.34. The summed E-state index contributed by atoms with van der Waals surface area (Å²) < 4.78 is 6.15. The van der Waals surface area contributed by atoms with Gasteiger partial charge in [-0.1, -0.05) is 6.07 Å². The standard InChI is InChI=1S/C17H29N3O/c1-17(2,3)19-11-15-7-8-16(21-15)13-20(4)12-14-6-5-9-18-10-14/h5-6,9-10,15-16,19H,7-8,11-13H2,1-4H3. The van der Waals surface area contributed by atoms with Gasteiger partial charge in [-0.2, -0.15) is 0 Å². The first kappa shape index (κ1) is 16.4. The molecule has 1 aliphatic heterocycles. The van der Waals surface area contributed by atoms with Crippen molar-refractivity contribution in [2.24, 2.45) is 0 Å². The van der Waals surface area contributed by atoms with Crippen LogP contribution in [-0.4, -0.2) is 47.8 Å². The molecule has 4 nitrogen and oxygen atoms in total. The molecule has 0 bridgehead atoms. The number of pyridine rings is 1. The van der Waals surface area contributed by atoms with Crippen molar-refractivity contribution >= 4 is 0 Å². The Hall–Kier alpha value is -0.970. The Morgan fingerprint density at radius 1 is 1.33 bits per heavy atom. The maximum Gasteiger partial charge on any atom is 0.0707 e. The number of likely N-dealkylation sites (N-methyl/N-ethyl adjacent to an activating group) is 1. The lowest BCUT2D eigenvalue weighted by Gasteiger charge is -2.24. The lowest BCUT2D eigenvalue weighted by molar-refractivity contribution is 0.0241. The van der Waals surface area contributed by atoms with Crippen LogP contribution in [0, 0.1) is 0 Å². The van der Waals surface area contributed by atoms with Gasteiger partial charge in [0.1, 0.15) is 0 Å². The second-order valence-electron chi connectivity index (χ2n) is 7.15. The highest BCUT2D eigenvalue weighted by Gasteiger charge is 2.26. The topological polar surface area (TPSA) is 37.4 Å². The number of hydrogen-bond donors (Lipinski definition) is 1. The van der Waals surface area contributed by atoms with E-state index in [9.17, 15) is 0 Å². The summed E-state index contributed by atoms with van der Waals surface area (Å²) >= 11 is 0. The minimum atomic E-state index is 0.165. The average Bonchev–Trinajstić information content (AvgIpc) is 2.84. The van der Waals surface area contributed by atoms with E-state index in [4.69, 9.17) is 4.74 Å². The molecule has 0 aromatic carbocycles. The molecule has 1 aliphatic rings. The Labute approximate surface area is 128 Å². The molecule has 1 fully saturated rings. The van der Waals surface area contributed by atoms with Crippen LogP contribution in [-0.2, 0) is 11.3 Å². The van der Waals surface area contributed by atoms with Crippen molar-refractivity contribution < 1.29 is 4.74 Å². The first-order chi connectivity index (χ1) is 9.92. The van der Waals surface area contributed by atoms with Gasteiger partial charge in [0.25, 0.3) is 0 Å². The fourth-order valence-electron chi connectivity index (χ4n) is 2.70. The van der Waals surface area contributed by atoms with E-state index in [0.29, 0.717) is 12.2 Å². The zero-order valence-electron chi connectivity index (χ0n) is 13.8. The SMILES string of the molecule is CN(Cc1cccnc1)CC1CCC(CNC(C)(C)C)O1. The van der Waals surface area contributed by atoms with Crippen LogP contribution in [0.1, 0.15) is 39.2 Å². The molecule has 0 aliphatic carbocycles. The molecule has 2 atom stereocenters. The smallest absolute Gasteiger partial charge is 0.0707 e. The molecule has 0 amide bonds. The van der Waals surface area contributed by atoms with Crippen molar-refractivity contribution in [3.05, 3.63) is 30.1 Å². The van der Waals surface area contributed by atoms with Gasteiger partial charge in [0.15, 0.2) is 0 Å². The van der Waals surface area contributed by atoms with Crippen molar-refractivity contribution in [3.8, 4) is 0 Å². The van der Waals surface area contributed by atoms with E-state index >= 15 is 0 Å². The van der Waals surface area contributed by atoms with Crippen LogP contribution >= 0.6 is 0 Å². The number of ether oxygens (including phenoxy) is 1. The summed E-state index contributed by atoms with van der Waals surface area (Å²) in [4.78, 5) is 6.48. The van der Waals surface area contributed by atoms with E-state index < -0.39 is 0 Å². The molecule has 2 unspecified atom stereocenters. The normalized spacial score (nSPS) is 22.9. The fourth-order valence-corrected chi connectivity index (χ4v) is 2.70. The zero-order chi connectivity index (χ0) is 15.3. The van der Waals surface area contributed by atoms with Gasteiger partial charge in [-0.05, 0) is 52.3 Å². The van der Waals surface area contributed by atoms with Crippen molar-refractivity contribution in [1.29, 1.82) is 0 Å². The number of nitrogens with zero attached hydrogens (tertiary/aromatic N) is 2.